The summed E-state index contributed by atoms with van der Waals surface area (Å²) in [6, 6.07) is 2.07. The molecule has 20 heavy (non-hydrogen) atoms. The number of nitrogens with one attached hydrogen (secondary N) is 1. The predicted molar refractivity (Wildman–Crippen MR) is 77.5 cm³/mol. The molecule has 1 N–H and O–H groups in total. The van der Waals surface area contributed by atoms with Crippen molar-refractivity contribution in [2.24, 2.45) is 7.05 Å². The molecular formula is C14H16BrF2N3. The minimum Gasteiger partial charge on any atom is -0.306 e. The minimum absolute atomic E-state index is 0.0114. The Kier molecular flexibility index (Phi) is 4.55. The standard InChI is InChI=1S/C14H16BrF2N3/c1-4-18-14(9-7-20(3)19-8(9)2)12-11(16)6-5-10(15)13(12)17/h5-7,14,18H,4H2,1-3H3. The number of aromatic nitrogens is 2. The maximum atomic E-state index is 14.3. The van der Waals surface area contributed by atoms with Crippen LogP contribution in [0.1, 0.15) is 29.8 Å². The number of benzene rings is 1. The van der Waals surface area contributed by atoms with Crippen molar-refractivity contribution in [3.63, 3.8) is 0 Å². The zero-order valence-electron chi connectivity index (χ0n) is 11.5. The lowest BCUT2D eigenvalue weighted by atomic mass is 9.98. The molecule has 6 heteroatoms. The van der Waals surface area contributed by atoms with Gasteiger partial charge in [0.1, 0.15) is 11.6 Å². The second-order valence-electron chi connectivity index (χ2n) is 4.59. The van der Waals surface area contributed by atoms with Crippen molar-refractivity contribution < 1.29 is 8.78 Å². The Morgan fingerprint density at radius 1 is 1.40 bits per heavy atom. The maximum Gasteiger partial charge on any atom is 0.145 e. The van der Waals surface area contributed by atoms with Gasteiger partial charge in [-0.3, -0.25) is 4.68 Å². The Labute approximate surface area is 125 Å². The number of nitrogens with zero attached hydrogens (tertiary/aromatic N) is 2. The molecule has 0 saturated heterocycles. The molecule has 1 unspecified atom stereocenters. The minimum atomic E-state index is -0.584. The average Bonchev–Trinajstić information content (AvgIpc) is 2.72. The Bertz CT molecular complexity index is 625. The van der Waals surface area contributed by atoms with Crippen LogP contribution in [-0.4, -0.2) is 16.3 Å². The lowest BCUT2D eigenvalue weighted by Crippen LogP contribution is -2.24. The molecule has 0 fully saturated rings. The third-order valence-electron chi connectivity index (χ3n) is 3.14. The number of aryl methyl sites for hydroxylation is 2. The Hall–Kier alpha value is -1.27. The molecule has 2 aromatic rings. The highest BCUT2D eigenvalue weighted by Crippen LogP contribution is 2.31. The van der Waals surface area contributed by atoms with E-state index in [0.29, 0.717) is 6.54 Å². The molecule has 1 atom stereocenters. The van der Waals surface area contributed by atoms with Crippen LogP contribution in [0.25, 0.3) is 0 Å². The fourth-order valence-corrected chi connectivity index (χ4v) is 2.63. The van der Waals surface area contributed by atoms with Crippen LogP contribution in [0.4, 0.5) is 8.78 Å². The van der Waals surface area contributed by atoms with Crippen LogP contribution in [0.15, 0.2) is 22.8 Å². The highest BCUT2D eigenvalue weighted by molar-refractivity contribution is 9.10. The van der Waals surface area contributed by atoms with Crippen LogP contribution in [0.5, 0.6) is 0 Å². The molecule has 1 aromatic heterocycles. The summed E-state index contributed by atoms with van der Waals surface area (Å²) in [6.45, 7) is 4.31. The normalized spacial score (nSPS) is 12.7. The summed E-state index contributed by atoms with van der Waals surface area (Å²) in [7, 11) is 1.78. The van der Waals surface area contributed by atoms with Crippen molar-refractivity contribution in [2.75, 3.05) is 6.54 Å². The summed E-state index contributed by atoms with van der Waals surface area (Å²) in [5.74, 6) is -1.15. The fraction of sp³-hybridized carbons (Fsp3) is 0.357. The van der Waals surface area contributed by atoms with E-state index in [9.17, 15) is 8.78 Å². The van der Waals surface area contributed by atoms with Crippen molar-refractivity contribution in [1.82, 2.24) is 15.1 Å². The van der Waals surface area contributed by atoms with E-state index in [1.807, 2.05) is 13.8 Å². The highest BCUT2D eigenvalue weighted by atomic mass is 79.9. The molecule has 2 rings (SSSR count). The van der Waals surface area contributed by atoms with Crippen LogP contribution in [-0.2, 0) is 7.05 Å². The quantitative estimate of drug-likeness (QED) is 0.861. The van der Waals surface area contributed by atoms with E-state index in [-0.39, 0.29) is 10.0 Å². The molecule has 0 aliphatic carbocycles. The van der Waals surface area contributed by atoms with E-state index in [2.05, 4.69) is 26.3 Å². The first-order chi connectivity index (χ1) is 9.45. The van der Waals surface area contributed by atoms with Gasteiger partial charge in [-0.2, -0.15) is 5.10 Å². The van der Waals surface area contributed by atoms with Gasteiger partial charge in [0.15, 0.2) is 0 Å². The lowest BCUT2D eigenvalue weighted by Gasteiger charge is -2.19. The second-order valence-corrected chi connectivity index (χ2v) is 5.45. The number of rotatable bonds is 4. The van der Waals surface area contributed by atoms with Gasteiger partial charge < -0.3 is 5.32 Å². The molecule has 0 aliphatic rings. The molecule has 0 aliphatic heterocycles. The van der Waals surface area contributed by atoms with E-state index in [1.54, 1.807) is 17.9 Å². The van der Waals surface area contributed by atoms with Crippen LogP contribution in [0, 0.1) is 18.6 Å². The molecule has 0 spiro atoms. The van der Waals surface area contributed by atoms with Crippen molar-refractivity contribution in [1.29, 1.82) is 0 Å². The van der Waals surface area contributed by atoms with Gasteiger partial charge in [0.2, 0.25) is 0 Å². The Morgan fingerprint density at radius 2 is 2.10 bits per heavy atom. The third kappa shape index (κ3) is 2.76. The van der Waals surface area contributed by atoms with Crippen molar-refractivity contribution in [3.8, 4) is 0 Å². The fourth-order valence-electron chi connectivity index (χ4n) is 2.28. The SMILES string of the molecule is CCNC(c1cn(C)nc1C)c1c(F)ccc(Br)c1F. The molecule has 1 aromatic carbocycles. The van der Waals surface area contributed by atoms with Gasteiger partial charge in [-0.15, -0.1) is 0 Å². The molecule has 0 saturated carbocycles. The van der Waals surface area contributed by atoms with Crippen molar-refractivity contribution in [2.45, 2.75) is 19.9 Å². The maximum absolute atomic E-state index is 14.3. The zero-order chi connectivity index (χ0) is 14.9. The van der Waals surface area contributed by atoms with Gasteiger partial charge in [-0.05, 0) is 41.5 Å². The summed E-state index contributed by atoms with van der Waals surface area (Å²) in [6.07, 6.45) is 1.78. The van der Waals surface area contributed by atoms with Gasteiger partial charge in [-0.1, -0.05) is 6.92 Å². The summed E-state index contributed by atoms with van der Waals surface area (Å²) in [5.41, 5.74) is 1.53. The second kappa shape index (κ2) is 6.01. The van der Waals surface area contributed by atoms with Crippen molar-refractivity contribution in [3.05, 3.63) is 51.3 Å². The molecule has 0 bridgehead atoms. The van der Waals surface area contributed by atoms with E-state index in [0.717, 1.165) is 11.3 Å². The Balaban J connectivity index is 2.60. The van der Waals surface area contributed by atoms with Crippen LogP contribution >= 0.6 is 15.9 Å². The summed E-state index contributed by atoms with van der Waals surface area (Å²) in [4.78, 5) is 0. The first-order valence-corrected chi connectivity index (χ1v) is 7.12. The summed E-state index contributed by atoms with van der Waals surface area (Å²) >= 11 is 3.11. The van der Waals surface area contributed by atoms with Gasteiger partial charge in [0.05, 0.1) is 16.2 Å². The summed E-state index contributed by atoms with van der Waals surface area (Å²) in [5, 5.41) is 7.37. The van der Waals surface area contributed by atoms with E-state index in [1.165, 1.54) is 12.1 Å². The first kappa shape index (κ1) is 15.1. The lowest BCUT2D eigenvalue weighted by molar-refractivity contribution is 0.506. The predicted octanol–water partition coefficient (Wildman–Crippen LogP) is 3.47. The van der Waals surface area contributed by atoms with Crippen LogP contribution in [0.2, 0.25) is 0 Å². The van der Waals surface area contributed by atoms with E-state index < -0.39 is 17.7 Å². The van der Waals surface area contributed by atoms with Crippen LogP contribution in [0.3, 0.4) is 0 Å². The first-order valence-electron chi connectivity index (χ1n) is 6.32. The number of hydrogen-bond donors (Lipinski definition) is 1. The molecular weight excluding hydrogens is 328 g/mol. The molecule has 1 heterocycles. The van der Waals surface area contributed by atoms with Gasteiger partial charge in [-0.25, -0.2) is 8.78 Å². The zero-order valence-corrected chi connectivity index (χ0v) is 13.1. The smallest absolute Gasteiger partial charge is 0.145 e. The molecule has 0 amide bonds. The average molecular weight is 344 g/mol. The van der Waals surface area contributed by atoms with Gasteiger partial charge in [0.25, 0.3) is 0 Å². The number of hydrogen-bond acceptors (Lipinski definition) is 2. The Morgan fingerprint density at radius 3 is 2.65 bits per heavy atom. The monoisotopic (exact) mass is 343 g/mol. The molecule has 108 valence electrons. The largest absolute Gasteiger partial charge is 0.306 e. The molecule has 0 radical (unpaired) electrons. The van der Waals surface area contributed by atoms with Gasteiger partial charge >= 0.3 is 0 Å². The third-order valence-corrected chi connectivity index (χ3v) is 3.75. The topological polar surface area (TPSA) is 29.9 Å². The van der Waals surface area contributed by atoms with Crippen molar-refractivity contribution >= 4 is 15.9 Å². The van der Waals surface area contributed by atoms with Gasteiger partial charge in [0, 0.05) is 24.4 Å². The molecule has 3 nitrogen and oxygen atoms in total. The highest BCUT2D eigenvalue weighted by Gasteiger charge is 2.25. The van der Waals surface area contributed by atoms with Crippen LogP contribution < -0.4 is 5.32 Å². The van der Waals surface area contributed by atoms with E-state index in [4.69, 9.17) is 0 Å². The number of halogens is 3. The van der Waals surface area contributed by atoms with E-state index >= 15 is 0 Å². The summed E-state index contributed by atoms with van der Waals surface area (Å²) < 4.78 is 30.3.